The van der Waals surface area contributed by atoms with Crippen LogP contribution in [0.15, 0.2) is 23.1 Å². The van der Waals surface area contributed by atoms with E-state index in [1.54, 1.807) is 17.8 Å². The molecule has 1 aliphatic rings. The van der Waals surface area contributed by atoms with E-state index in [0.717, 1.165) is 22.6 Å². The molecular formula is C12H16FNOS. The van der Waals surface area contributed by atoms with Crippen molar-refractivity contribution in [2.24, 2.45) is 0 Å². The zero-order valence-electron chi connectivity index (χ0n) is 9.24. The maximum atomic E-state index is 13.6. The second-order valence-electron chi connectivity index (χ2n) is 4.10. The van der Waals surface area contributed by atoms with Crippen LogP contribution in [0.2, 0.25) is 0 Å². The lowest BCUT2D eigenvalue weighted by Crippen LogP contribution is -2.34. The van der Waals surface area contributed by atoms with E-state index >= 15 is 0 Å². The molecule has 2 atom stereocenters. The molecule has 88 valence electrons. The lowest BCUT2D eigenvalue weighted by molar-refractivity contribution is 0.239. The molecule has 1 aromatic carbocycles. The number of fused-ring (bicyclic) bond motifs is 1. The Hall–Kier alpha value is -0.580. The highest BCUT2D eigenvalue weighted by molar-refractivity contribution is 7.99. The van der Waals surface area contributed by atoms with Crippen LogP contribution in [-0.2, 0) is 0 Å². The van der Waals surface area contributed by atoms with Gasteiger partial charge in [-0.15, -0.1) is 11.8 Å². The number of halogens is 1. The van der Waals surface area contributed by atoms with Crippen molar-refractivity contribution in [3.63, 3.8) is 0 Å². The number of hydrogen-bond acceptors (Lipinski definition) is 3. The minimum atomic E-state index is -0.134. The normalized spacial score (nSPS) is 21.6. The van der Waals surface area contributed by atoms with Gasteiger partial charge in [0.15, 0.2) is 0 Å². The quantitative estimate of drug-likeness (QED) is 0.852. The average molecular weight is 241 g/mol. The predicted molar refractivity (Wildman–Crippen MR) is 64.2 cm³/mol. The van der Waals surface area contributed by atoms with Gasteiger partial charge in [0, 0.05) is 17.0 Å². The number of aliphatic hydroxyl groups excluding tert-OH is 1. The Balaban J connectivity index is 2.23. The molecule has 4 heteroatoms. The van der Waals surface area contributed by atoms with Gasteiger partial charge in [0.2, 0.25) is 0 Å². The van der Waals surface area contributed by atoms with Gasteiger partial charge >= 0.3 is 0 Å². The van der Waals surface area contributed by atoms with Gasteiger partial charge < -0.3 is 10.4 Å². The molecule has 0 saturated carbocycles. The molecule has 0 bridgehead atoms. The Kier molecular flexibility index (Phi) is 3.84. The van der Waals surface area contributed by atoms with Crippen LogP contribution in [0.1, 0.15) is 24.9 Å². The number of thioether (sulfide) groups is 1. The lowest BCUT2D eigenvalue weighted by atomic mass is 10.0. The molecule has 0 aliphatic carbocycles. The highest BCUT2D eigenvalue weighted by Crippen LogP contribution is 2.37. The van der Waals surface area contributed by atoms with Gasteiger partial charge in [-0.1, -0.05) is 12.1 Å². The largest absolute Gasteiger partial charge is 0.395 e. The molecule has 16 heavy (non-hydrogen) atoms. The lowest BCUT2D eigenvalue weighted by Gasteiger charge is -2.28. The Morgan fingerprint density at radius 1 is 1.62 bits per heavy atom. The summed E-state index contributed by atoms with van der Waals surface area (Å²) in [6, 6.07) is 5.42. The molecule has 0 fully saturated rings. The van der Waals surface area contributed by atoms with E-state index in [0.29, 0.717) is 0 Å². The minimum Gasteiger partial charge on any atom is -0.395 e. The maximum Gasteiger partial charge on any atom is 0.137 e. The fourth-order valence-corrected chi connectivity index (χ4v) is 3.10. The molecular weight excluding hydrogens is 225 g/mol. The monoisotopic (exact) mass is 241 g/mol. The van der Waals surface area contributed by atoms with Crippen molar-refractivity contribution >= 4 is 11.8 Å². The summed E-state index contributed by atoms with van der Waals surface area (Å²) in [7, 11) is 0. The molecule has 1 aromatic rings. The first kappa shape index (κ1) is 11.9. The maximum absolute atomic E-state index is 13.6. The number of rotatable bonds is 3. The summed E-state index contributed by atoms with van der Waals surface area (Å²) < 4.78 is 13.6. The van der Waals surface area contributed by atoms with Crippen LogP contribution in [0.3, 0.4) is 0 Å². The average Bonchev–Trinajstić information content (AvgIpc) is 2.30. The van der Waals surface area contributed by atoms with Gasteiger partial charge in [0.25, 0.3) is 0 Å². The van der Waals surface area contributed by atoms with Crippen LogP contribution in [-0.4, -0.2) is 23.5 Å². The molecule has 0 amide bonds. The Morgan fingerprint density at radius 2 is 2.44 bits per heavy atom. The third-order valence-corrected chi connectivity index (χ3v) is 3.94. The van der Waals surface area contributed by atoms with Crippen molar-refractivity contribution in [2.45, 2.75) is 30.3 Å². The molecule has 2 nitrogen and oxygen atoms in total. The van der Waals surface area contributed by atoms with Crippen molar-refractivity contribution < 1.29 is 9.50 Å². The standard InChI is InChI=1S/C12H16FNOS/c1-8(7-15)14-11-5-6-16-12-9(11)3-2-4-10(12)13/h2-4,8,11,14-15H,5-7H2,1H3/t8-,11?/m1/s1. The highest BCUT2D eigenvalue weighted by Gasteiger charge is 2.23. The van der Waals surface area contributed by atoms with E-state index in [1.807, 2.05) is 13.0 Å². The fraction of sp³-hybridized carbons (Fsp3) is 0.500. The first-order valence-electron chi connectivity index (χ1n) is 5.50. The van der Waals surface area contributed by atoms with Crippen LogP contribution >= 0.6 is 11.8 Å². The topological polar surface area (TPSA) is 32.3 Å². The minimum absolute atomic E-state index is 0.0456. The summed E-state index contributed by atoms with van der Waals surface area (Å²) >= 11 is 1.58. The zero-order valence-corrected chi connectivity index (χ0v) is 10.1. The summed E-state index contributed by atoms with van der Waals surface area (Å²) in [6.45, 7) is 2.04. The number of aliphatic hydroxyl groups is 1. The second kappa shape index (κ2) is 5.17. The molecule has 0 spiro atoms. The van der Waals surface area contributed by atoms with Crippen molar-refractivity contribution in [3.8, 4) is 0 Å². The van der Waals surface area contributed by atoms with Gasteiger partial charge in [0.05, 0.1) is 6.61 Å². The van der Waals surface area contributed by atoms with Gasteiger partial charge in [-0.2, -0.15) is 0 Å². The van der Waals surface area contributed by atoms with Crippen LogP contribution in [0.25, 0.3) is 0 Å². The van der Waals surface area contributed by atoms with Crippen molar-refractivity contribution in [3.05, 3.63) is 29.6 Å². The molecule has 1 aliphatic heterocycles. The molecule has 1 heterocycles. The molecule has 1 unspecified atom stereocenters. The first-order chi connectivity index (χ1) is 7.72. The van der Waals surface area contributed by atoms with Crippen LogP contribution < -0.4 is 5.32 Å². The predicted octanol–water partition coefficient (Wildman–Crippen LogP) is 2.33. The van der Waals surface area contributed by atoms with Crippen molar-refractivity contribution in [1.82, 2.24) is 5.32 Å². The molecule has 0 aromatic heterocycles. The number of nitrogens with one attached hydrogen (secondary N) is 1. The molecule has 2 rings (SSSR count). The summed E-state index contributed by atoms with van der Waals surface area (Å²) in [5, 5.41) is 12.3. The van der Waals surface area contributed by atoms with E-state index in [9.17, 15) is 4.39 Å². The van der Waals surface area contributed by atoms with E-state index in [4.69, 9.17) is 5.11 Å². The Bertz CT molecular complexity index is 372. The fourth-order valence-electron chi connectivity index (χ4n) is 1.96. The Morgan fingerprint density at radius 3 is 3.19 bits per heavy atom. The summed E-state index contributed by atoms with van der Waals surface area (Å²) in [5.41, 5.74) is 1.02. The van der Waals surface area contributed by atoms with Crippen molar-refractivity contribution in [2.75, 3.05) is 12.4 Å². The van der Waals surface area contributed by atoms with E-state index in [1.165, 1.54) is 6.07 Å². The van der Waals surface area contributed by atoms with Gasteiger partial charge in [-0.3, -0.25) is 0 Å². The molecule has 2 N–H and O–H groups in total. The highest BCUT2D eigenvalue weighted by atomic mass is 32.2. The van der Waals surface area contributed by atoms with Crippen LogP contribution in [0.4, 0.5) is 4.39 Å². The van der Waals surface area contributed by atoms with E-state index in [2.05, 4.69) is 5.32 Å². The van der Waals surface area contributed by atoms with E-state index < -0.39 is 0 Å². The molecule has 0 saturated heterocycles. The smallest absolute Gasteiger partial charge is 0.137 e. The van der Waals surface area contributed by atoms with Gasteiger partial charge in [-0.05, 0) is 30.7 Å². The third kappa shape index (κ3) is 2.39. The van der Waals surface area contributed by atoms with Gasteiger partial charge in [0.1, 0.15) is 5.82 Å². The van der Waals surface area contributed by atoms with E-state index in [-0.39, 0.29) is 24.5 Å². The summed E-state index contributed by atoms with van der Waals surface area (Å²) in [6.07, 6.45) is 0.978. The first-order valence-corrected chi connectivity index (χ1v) is 6.49. The van der Waals surface area contributed by atoms with Crippen molar-refractivity contribution in [1.29, 1.82) is 0 Å². The summed E-state index contributed by atoms with van der Waals surface area (Å²) in [5.74, 6) is 0.787. The number of hydrogen-bond donors (Lipinski definition) is 2. The van der Waals surface area contributed by atoms with Crippen LogP contribution in [0, 0.1) is 5.82 Å². The van der Waals surface area contributed by atoms with Gasteiger partial charge in [-0.25, -0.2) is 4.39 Å². The van der Waals surface area contributed by atoms with Crippen LogP contribution in [0.5, 0.6) is 0 Å². The zero-order chi connectivity index (χ0) is 11.5. The Labute approximate surface area is 99.2 Å². The third-order valence-electron chi connectivity index (χ3n) is 2.79. The summed E-state index contributed by atoms with van der Waals surface area (Å²) in [4.78, 5) is 0.761. The molecule has 0 radical (unpaired) electrons. The number of benzene rings is 1. The second-order valence-corrected chi connectivity index (χ2v) is 5.20. The SMILES string of the molecule is C[C@H](CO)NC1CCSc2c(F)cccc21.